The van der Waals surface area contributed by atoms with Crippen LogP contribution in [0.3, 0.4) is 0 Å². The number of rotatable bonds is 7. The Balaban J connectivity index is 1.46. The number of carbonyl (C=O) groups is 1. The lowest BCUT2D eigenvalue weighted by Gasteiger charge is -2.24. The molecule has 1 atom stereocenters. The number of ether oxygens (including phenoxy) is 1. The summed E-state index contributed by atoms with van der Waals surface area (Å²) in [5.74, 6) is -0.211. The van der Waals surface area contributed by atoms with E-state index in [1.807, 2.05) is 29.1 Å². The van der Waals surface area contributed by atoms with Gasteiger partial charge in [-0.25, -0.2) is 4.68 Å². The Kier molecular flexibility index (Phi) is 5.48. The van der Waals surface area contributed by atoms with Crippen molar-refractivity contribution in [2.75, 3.05) is 13.7 Å². The molecule has 0 saturated carbocycles. The minimum Gasteiger partial charge on any atom is -0.383 e. The van der Waals surface area contributed by atoms with Crippen molar-refractivity contribution >= 4 is 5.91 Å². The quantitative estimate of drug-likeness (QED) is 0.677. The Labute approximate surface area is 163 Å². The topological polar surface area (TPSA) is 86.9 Å². The maximum absolute atomic E-state index is 12.6. The molecule has 146 valence electrons. The Hall–Kier alpha value is -3.00. The lowest BCUT2D eigenvalue weighted by atomic mass is 9.93. The third-order valence-corrected chi connectivity index (χ3v) is 5.04. The zero-order chi connectivity index (χ0) is 19.3. The average Bonchev–Trinajstić information content (AvgIpc) is 3.35. The van der Waals surface area contributed by atoms with Crippen molar-refractivity contribution in [3.05, 3.63) is 65.2 Å². The molecule has 0 radical (unpaired) electrons. The zero-order valence-corrected chi connectivity index (χ0v) is 15.9. The molecule has 0 saturated heterocycles. The highest BCUT2D eigenvalue weighted by molar-refractivity contribution is 5.92. The Morgan fingerprint density at radius 2 is 2.18 bits per heavy atom. The fraction of sp³-hybridized carbons (Fsp3) is 0.400. The summed E-state index contributed by atoms with van der Waals surface area (Å²) in [6, 6.07) is 10.2. The molecule has 1 aliphatic carbocycles. The van der Waals surface area contributed by atoms with Gasteiger partial charge in [0.2, 0.25) is 0 Å². The fourth-order valence-corrected chi connectivity index (χ4v) is 3.59. The van der Waals surface area contributed by atoms with E-state index in [1.54, 1.807) is 18.0 Å². The van der Waals surface area contributed by atoms with Crippen LogP contribution < -0.4 is 5.32 Å². The lowest BCUT2D eigenvalue weighted by Crippen LogP contribution is -2.31. The van der Waals surface area contributed by atoms with Crippen molar-refractivity contribution in [1.29, 1.82) is 0 Å². The van der Waals surface area contributed by atoms with Gasteiger partial charge in [0.1, 0.15) is 0 Å². The standard InChI is InChI=1S/C20H24N6O2/c1-28-11-10-25-14-18(23-24-25)20(27)22-17-8-5-9-19-16(17)12-21-26(19)13-15-6-3-2-4-7-15/h2-4,6-7,12,14,17H,5,8-11,13H2,1H3,(H,22,27). The molecule has 8 nitrogen and oxygen atoms in total. The summed E-state index contributed by atoms with van der Waals surface area (Å²) < 4.78 is 8.68. The predicted molar refractivity (Wildman–Crippen MR) is 103 cm³/mol. The Bertz CT molecular complexity index is 933. The van der Waals surface area contributed by atoms with Crippen molar-refractivity contribution in [1.82, 2.24) is 30.1 Å². The van der Waals surface area contributed by atoms with Gasteiger partial charge in [-0.15, -0.1) is 5.10 Å². The van der Waals surface area contributed by atoms with E-state index in [2.05, 4.69) is 32.9 Å². The van der Waals surface area contributed by atoms with Gasteiger partial charge in [0.05, 0.1) is 38.1 Å². The summed E-state index contributed by atoms with van der Waals surface area (Å²) >= 11 is 0. The van der Waals surface area contributed by atoms with Gasteiger partial charge in [-0.3, -0.25) is 9.48 Å². The van der Waals surface area contributed by atoms with E-state index in [0.29, 0.717) is 18.8 Å². The SMILES string of the molecule is COCCn1cc(C(=O)NC2CCCc3c2cnn3Cc2ccccc2)nn1. The van der Waals surface area contributed by atoms with Crippen LogP contribution in [0.25, 0.3) is 0 Å². The molecular formula is C20H24N6O2. The van der Waals surface area contributed by atoms with Gasteiger partial charge in [-0.05, 0) is 24.8 Å². The summed E-state index contributed by atoms with van der Waals surface area (Å²) in [4.78, 5) is 12.6. The average molecular weight is 380 g/mol. The van der Waals surface area contributed by atoms with Crippen LogP contribution in [-0.2, 0) is 24.2 Å². The molecule has 0 bridgehead atoms. The summed E-state index contributed by atoms with van der Waals surface area (Å²) in [6.07, 6.45) is 6.42. The van der Waals surface area contributed by atoms with E-state index in [4.69, 9.17) is 4.74 Å². The Morgan fingerprint density at radius 3 is 3.00 bits per heavy atom. The van der Waals surface area contributed by atoms with Crippen LogP contribution in [-0.4, -0.2) is 44.4 Å². The Morgan fingerprint density at radius 1 is 1.32 bits per heavy atom. The van der Waals surface area contributed by atoms with Crippen molar-refractivity contribution in [3.63, 3.8) is 0 Å². The molecule has 1 N–H and O–H groups in total. The number of hydrogen-bond acceptors (Lipinski definition) is 5. The van der Waals surface area contributed by atoms with Gasteiger partial charge in [0.15, 0.2) is 5.69 Å². The number of benzene rings is 1. The normalized spacial score (nSPS) is 16.0. The number of hydrogen-bond donors (Lipinski definition) is 1. The zero-order valence-electron chi connectivity index (χ0n) is 15.9. The molecule has 0 aliphatic heterocycles. The molecular weight excluding hydrogens is 356 g/mol. The number of amides is 1. The number of fused-ring (bicyclic) bond motifs is 1. The highest BCUT2D eigenvalue weighted by Gasteiger charge is 2.26. The number of aromatic nitrogens is 5. The van der Waals surface area contributed by atoms with E-state index >= 15 is 0 Å². The van der Waals surface area contributed by atoms with Gasteiger partial charge in [-0.2, -0.15) is 5.10 Å². The fourth-order valence-electron chi connectivity index (χ4n) is 3.59. The first kappa shape index (κ1) is 18.4. The van der Waals surface area contributed by atoms with Gasteiger partial charge in [-0.1, -0.05) is 35.5 Å². The molecule has 8 heteroatoms. The number of carbonyl (C=O) groups excluding carboxylic acids is 1. The second kappa shape index (κ2) is 8.35. The minimum absolute atomic E-state index is 0.0510. The molecule has 1 amide bonds. The monoisotopic (exact) mass is 380 g/mol. The molecule has 28 heavy (non-hydrogen) atoms. The van der Waals surface area contributed by atoms with Crippen LogP contribution in [0.2, 0.25) is 0 Å². The van der Waals surface area contributed by atoms with Crippen LogP contribution in [0.5, 0.6) is 0 Å². The van der Waals surface area contributed by atoms with Crippen LogP contribution in [0.4, 0.5) is 0 Å². The third kappa shape index (κ3) is 3.96. The maximum atomic E-state index is 12.6. The van der Waals surface area contributed by atoms with Gasteiger partial charge >= 0.3 is 0 Å². The number of methoxy groups -OCH3 is 1. The van der Waals surface area contributed by atoms with E-state index in [0.717, 1.165) is 31.4 Å². The van der Waals surface area contributed by atoms with Crippen molar-refractivity contribution < 1.29 is 9.53 Å². The minimum atomic E-state index is -0.211. The van der Waals surface area contributed by atoms with E-state index < -0.39 is 0 Å². The van der Waals surface area contributed by atoms with Gasteiger partial charge in [0, 0.05) is 18.4 Å². The first-order valence-corrected chi connectivity index (χ1v) is 9.53. The molecule has 0 spiro atoms. The lowest BCUT2D eigenvalue weighted by molar-refractivity contribution is 0.0927. The molecule has 2 aromatic heterocycles. The first-order chi connectivity index (χ1) is 13.7. The molecule has 4 rings (SSSR count). The summed E-state index contributed by atoms with van der Waals surface area (Å²) in [6.45, 7) is 1.83. The maximum Gasteiger partial charge on any atom is 0.273 e. The molecule has 0 fully saturated rings. The highest BCUT2D eigenvalue weighted by Crippen LogP contribution is 2.30. The molecule has 1 unspecified atom stereocenters. The van der Waals surface area contributed by atoms with E-state index in [9.17, 15) is 4.79 Å². The summed E-state index contributed by atoms with van der Waals surface area (Å²) in [5.41, 5.74) is 3.83. The van der Waals surface area contributed by atoms with Crippen molar-refractivity contribution in [2.24, 2.45) is 0 Å². The number of nitrogens with one attached hydrogen (secondary N) is 1. The summed E-state index contributed by atoms with van der Waals surface area (Å²) in [7, 11) is 1.63. The smallest absolute Gasteiger partial charge is 0.273 e. The molecule has 1 aliphatic rings. The van der Waals surface area contributed by atoms with Crippen LogP contribution in [0, 0.1) is 0 Å². The molecule has 2 heterocycles. The van der Waals surface area contributed by atoms with Crippen molar-refractivity contribution in [3.8, 4) is 0 Å². The summed E-state index contributed by atoms with van der Waals surface area (Å²) in [5, 5.41) is 15.6. The highest BCUT2D eigenvalue weighted by atomic mass is 16.5. The largest absolute Gasteiger partial charge is 0.383 e. The van der Waals surface area contributed by atoms with Gasteiger partial charge in [0.25, 0.3) is 5.91 Å². The molecule has 1 aromatic carbocycles. The van der Waals surface area contributed by atoms with Crippen LogP contribution in [0.1, 0.15) is 46.2 Å². The van der Waals surface area contributed by atoms with Crippen LogP contribution >= 0.6 is 0 Å². The van der Waals surface area contributed by atoms with Crippen molar-refractivity contribution in [2.45, 2.75) is 38.4 Å². The second-order valence-electron chi connectivity index (χ2n) is 6.97. The van der Waals surface area contributed by atoms with Gasteiger partial charge < -0.3 is 10.1 Å². The second-order valence-corrected chi connectivity index (χ2v) is 6.97. The number of nitrogens with zero attached hydrogens (tertiary/aromatic N) is 5. The molecule has 3 aromatic rings. The predicted octanol–water partition coefficient (Wildman–Crippen LogP) is 1.98. The van der Waals surface area contributed by atoms with E-state index in [-0.39, 0.29) is 11.9 Å². The third-order valence-electron chi connectivity index (χ3n) is 5.04. The van der Waals surface area contributed by atoms with Crippen LogP contribution in [0.15, 0.2) is 42.7 Å². The van der Waals surface area contributed by atoms with E-state index in [1.165, 1.54) is 11.3 Å². The first-order valence-electron chi connectivity index (χ1n) is 9.53.